The Morgan fingerprint density at radius 2 is 1.95 bits per heavy atom. The molecule has 1 N–H and O–H groups in total. The maximum Gasteiger partial charge on any atom is 0.186 e. The zero-order valence-corrected chi connectivity index (χ0v) is 14.0. The fourth-order valence-electron chi connectivity index (χ4n) is 1.84. The van der Waals surface area contributed by atoms with Crippen molar-refractivity contribution in [2.24, 2.45) is 0 Å². The summed E-state index contributed by atoms with van der Waals surface area (Å²) in [6, 6.07) is 0.421. The number of anilines is 1. The maximum atomic E-state index is 5.18. The highest BCUT2D eigenvalue weighted by atomic mass is 32.1. The first kappa shape index (κ1) is 17.4. The summed E-state index contributed by atoms with van der Waals surface area (Å²) in [6.45, 7) is 10.5. The van der Waals surface area contributed by atoms with Crippen LogP contribution in [-0.2, 0) is 16.0 Å². The van der Waals surface area contributed by atoms with E-state index in [1.54, 1.807) is 25.6 Å². The summed E-state index contributed by atoms with van der Waals surface area (Å²) < 4.78 is 10.2. The first-order valence-electron chi connectivity index (χ1n) is 7.01. The normalized spacial score (nSPS) is 11.3. The Morgan fingerprint density at radius 1 is 1.25 bits per heavy atom. The van der Waals surface area contributed by atoms with Crippen LogP contribution in [0.25, 0.3) is 0 Å². The van der Waals surface area contributed by atoms with Crippen LogP contribution in [0.1, 0.15) is 24.4 Å². The third kappa shape index (κ3) is 5.36. The lowest BCUT2D eigenvalue weighted by molar-refractivity contribution is 0.199. The van der Waals surface area contributed by atoms with E-state index in [0.29, 0.717) is 6.04 Å². The van der Waals surface area contributed by atoms with Gasteiger partial charge in [0.2, 0.25) is 0 Å². The van der Waals surface area contributed by atoms with Gasteiger partial charge in [0, 0.05) is 44.8 Å². The number of nitrogens with zero attached hydrogens (tertiary/aromatic N) is 2. The van der Waals surface area contributed by atoms with Crippen molar-refractivity contribution in [2.45, 2.75) is 33.4 Å². The quantitative estimate of drug-likeness (QED) is 0.670. The molecule has 0 unspecified atom stereocenters. The fourth-order valence-corrected chi connectivity index (χ4v) is 3.03. The second kappa shape index (κ2) is 9.28. The monoisotopic (exact) mass is 301 g/mol. The van der Waals surface area contributed by atoms with Gasteiger partial charge in [-0.3, -0.25) is 0 Å². The van der Waals surface area contributed by atoms with Crippen molar-refractivity contribution in [3.05, 3.63) is 10.6 Å². The van der Waals surface area contributed by atoms with Crippen LogP contribution in [-0.4, -0.2) is 51.5 Å². The minimum atomic E-state index is 0.421. The van der Waals surface area contributed by atoms with Gasteiger partial charge >= 0.3 is 0 Å². The number of methoxy groups -OCH3 is 2. The molecule has 116 valence electrons. The lowest BCUT2D eigenvalue weighted by Crippen LogP contribution is -2.33. The number of hydrogen-bond acceptors (Lipinski definition) is 6. The third-order valence-corrected chi connectivity index (χ3v) is 4.25. The topological polar surface area (TPSA) is 46.6 Å². The summed E-state index contributed by atoms with van der Waals surface area (Å²) in [7, 11) is 3.45. The molecule has 20 heavy (non-hydrogen) atoms. The molecule has 0 saturated carbocycles. The first-order chi connectivity index (χ1) is 9.60. The van der Waals surface area contributed by atoms with Gasteiger partial charge in [0.1, 0.15) is 0 Å². The average molecular weight is 301 g/mol. The molecule has 0 aliphatic carbocycles. The van der Waals surface area contributed by atoms with E-state index in [4.69, 9.17) is 14.5 Å². The maximum absolute atomic E-state index is 5.18. The van der Waals surface area contributed by atoms with E-state index in [-0.39, 0.29) is 0 Å². The lowest BCUT2D eigenvalue weighted by atomic mass is 10.3. The third-order valence-electron chi connectivity index (χ3n) is 3.06. The van der Waals surface area contributed by atoms with Gasteiger partial charge in [-0.2, -0.15) is 0 Å². The van der Waals surface area contributed by atoms with Crippen LogP contribution < -0.4 is 10.2 Å². The van der Waals surface area contributed by atoms with Gasteiger partial charge in [-0.1, -0.05) is 0 Å². The van der Waals surface area contributed by atoms with Crippen molar-refractivity contribution in [2.75, 3.05) is 45.4 Å². The van der Waals surface area contributed by atoms with E-state index in [0.717, 1.165) is 43.7 Å². The van der Waals surface area contributed by atoms with Gasteiger partial charge in [-0.05, 0) is 20.8 Å². The summed E-state index contributed by atoms with van der Waals surface area (Å²) >= 11 is 1.76. The molecule has 0 amide bonds. The van der Waals surface area contributed by atoms with E-state index in [1.807, 2.05) is 0 Å². The molecule has 0 radical (unpaired) electrons. The molecule has 6 heteroatoms. The van der Waals surface area contributed by atoms with Crippen LogP contribution in [0.3, 0.4) is 0 Å². The van der Waals surface area contributed by atoms with Crippen molar-refractivity contribution < 1.29 is 9.47 Å². The molecular weight excluding hydrogens is 274 g/mol. The van der Waals surface area contributed by atoms with Crippen LogP contribution in [0.4, 0.5) is 5.13 Å². The Morgan fingerprint density at radius 3 is 2.55 bits per heavy atom. The Bertz CT molecular complexity index is 382. The van der Waals surface area contributed by atoms with Crippen LogP contribution in [0.5, 0.6) is 0 Å². The highest BCUT2D eigenvalue weighted by molar-refractivity contribution is 7.15. The van der Waals surface area contributed by atoms with E-state index >= 15 is 0 Å². The molecule has 0 saturated heterocycles. The Labute approximate surface area is 126 Å². The lowest BCUT2D eigenvalue weighted by Gasteiger charge is -2.25. The Kier molecular flexibility index (Phi) is 8.06. The molecule has 0 bridgehead atoms. The Hall–Kier alpha value is -0.690. The van der Waals surface area contributed by atoms with Gasteiger partial charge in [0.25, 0.3) is 0 Å². The van der Waals surface area contributed by atoms with Crippen molar-refractivity contribution in [3.8, 4) is 0 Å². The molecule has 0 spiro atoms. The predicted octanol–water partition coefficient (Wildman–Crippen LogP) is 2.05. The largest absolute Gasteiger partial charge is 0.383 e. The second-order valence-electron chi connectivity index (χ2n) is 4.95. The smallest absolute Gasteiger partial charge is 0.186 e. The van der Waals surface area contributed by atoms with Gasteiger partial charge in [-0.25, -0.2) is 4.98 Å². The summed E-state index contributed by atoms with van der Waals surface area (Å²) in [5, 5.41) is 4.45. The predicted molar refractivity (Wildman–Crippen MR) is 84.8 cm³/mol. The number of rotatable bonds is 10. The number of thiazole rings is 1. The average Bonchev–Trinajstić information content (AvgIpc) is 2.76. The molecule has 1 aromatic rings. The van der Waals surface area contributed by atoms with Gasteiger partial charge in [0.05, 0.1) is 18.9 Å². The van der Waals surface area contributed by atoms with E-state index in [9.17, 15) is 0 Å². The number of hydrogen-bond donors (Lipinski definition) is 1. The fraction of sp³-hybridized carbons (Fsp3) is 0.786. The SMILES string of the molecule is COCCNCc1sc(N(CCOC)C(C)C)nc1C. The van der Waals surface area contributed by atoms with Gasteiger partial charge in [-0.15, -0.1) is 11.3 Å². The molecule has 0 aliphatic heterocycles. The van der Waals surface area contributed by atoms with Crippen LogP contribution in [0.2, 0.25) is 0 Å². The van der Waals surface area contributed by atoms with E-state index in [2.05, 4.69) is 31.0 Å². The first-order valence-corrected chi connectivity index (χ1v) is 7.83. The number of aryl methyl sites for hydroxylation is 1. The van der Waals surface area contributed by atoms with Crippen molar-refractivity contribution >= 4 is 16.5 Å². The zero-order valence-electron chi connectivity index (χ0n) is 13.2. The second-order valence-corrected chi connectivity index (χ2v) is 6.02. The molecule has 0 aromatic carbocycles. The van der Waals surface area contributed by atoms with Gasteiger partial charge in [0.15, 0.2) is 5.13 Å². The number of aromatic nitrogens is 1. The zero-order chi connectivity index (χ0) is 15.0. The number of nitrogens with one attached hydrogen (secondary N) is 1. The molecule has 1 rings (SSSR count). The van der Waals surface area contributed by atoms with Gasteiger partial charge < -0.3 is 19.7 Å². The minimum Gasteiger partial charge on any atom is -0.383 e. The standard InChI is InChI=1S/C14H27N3O2S/c1-11(2)17(7-9-19-5)14-16-12(3)13(20-14)10-15-6-8-18-4/h11,15H,6-10H2,1-5H3. The molecule has 0 aliphatic rings. The van der Waals surface area contributed by atoms with Crippen LogP contribution >= 0.6 is 11.3 Å². The van der Waals surface area contributed by atoms with Crippen molar-refractivity contribution in [3.63, 3.8) is 0 Å². The van der Waals surface area contributed by atoms with Crippen molar-refractivity contribution in [1.82, 2.24) is 10.3 Å². The molecular formula is C14H27N3O2S. The molecule has 1 heterocycles. The van der Waals surface area contributed by atoms with Crippen molar-refractivity contribution in [1.29, 1.82) is 0 Å². The summed E-state index contributed by atoms with van der Waals surface area (Å²) in [5.41, 5.74) is 1.11. The van der Waals surface area contributed by atoms with Crippen LogP contribution in [0.15, 0.2) is 0 Å². The minimum absolute atomic E-state index is 0.421. The molecule has 1 aromatic heterocycles. The molecule has 5 nitrogen and oxygen atoms in total. The summed E-state index contributed by atoms with van der Waals surface area (Å²) in [5.74, 6) is 0. The summed E-state index contributed by atoms with van der Waals surface area (Å²) in [4.78, 5) is 8.28. The van der Waals surface area contributed by atoms with E-state index in [1.165, 1.54) is 4.88 Å². The molecule has 0 fully saturated rings. The van der Waals surface area contributed by atoms with Crippen LogP contribution in [0, 0.1) is 6.92 Å². The van der Waals surface area contributed by atoms with E-state index < -0.39 is 0 Å². The highest BCUT2D eigenvalue weighted by Gasteiger charge is 2.16. The summed E-state index contributed by atoms with van der Waals surface area (Å²) in [6.07, 6.45) is 0. The highest BCUT2D eigenvalue weighted by Crippen LogP contribution is 2.27. The Balaban J connectivity index is 2.65. The number of ether oxygens (including phenoxy) is 2. The molecule has 0 atom stereocenters.